The van der Waals surface area contributed by atoms with Gasteiger partial charge >= 0.3 is 5.97 Å². The van der Waals surface area contributed by atoms with Crippen LogP contribution in [-0.2, 0) is 22.4 Å². The van der Waals surface area contributed by atoms with Crippen LogP contribution in [0.1, 0.15) is 85.0 Å². The van der Waals surface area contributed by atoms with Crippen molar-refractivity contribution in [3.63, 3.8) is 0 Å². The Morgan fingerprint density at radius 1 is 1.05 bits per heavy atom. The molecule has 0 aromatic heterocycles. The molecule has 2 heterocycles. The fraction of sp³-hybridized carbons (Fsp3) is 0.545. The van der Waals surface area contributed by atoms with Gasteiger partial charge in [-0.1, -0.05) is 42.8 Å². The van der Waals surface area contributed by atoms with Gasteiger partial charge in [-0.05, 0) is 99.7 Å². The highest BCUT2D eigenvalue weighted by molar-refractivity contribution is 5.94. The molecule has 0 saturated carbocycles. The second-order valence-electron chi connectivity index (χ2n) is 11.6. The van der Waals surface area contributed by atoms with Crippen molar-refractivity contribution in [3.8, 4) is 0 Å². The van der Waals surface area contributed by atoms with Gasteiger partial charge in [0.1, 0.15) is 0 Å². The van der Waals surface area contributed by atoms with Crippen LogP contribution in [0, 0.1) is 11.8 Å². The number of piperidine rings is 1. The second kappa shape index (κ2) is 14.4. The Morgan fingerprint density at radius 2 is 1.80 bits per heavy atom. The van der Waals surface area contributed by atoms with Crippen LogP contribution in [0.5, 0.6) is 0 Å². The Balaban J connectivity index is 1.42. The zero-order valence-corrected chi connectivity index (χ0v) is 24.1. The number of hydrogen-bond acceptors (Lipinski definition) is 4. The van der Waals surface area contributed by atoms with Gasteiger partial charge in [0.25, 0.3) is 5.91 Å². The van der Waals surface area contributed by atoms with Gasteiger partial charge in [0.15, 0.2) is 0 Å². The van der Waals surface area contributed by atoms with Crippen molar-refractivity contribution >= 4 is 17.8 Å². The molecule has 40 heavy (non-hydrogen) atoms. The van der Waals surface area contributed by atoms with Gasteiger partial charge in [0, 0.05) is 25.7 Å². The Labute approximate surface area is 238 Å². The van der Waals surface area contributed by atoms with E-state index in [1.54, 1.807) is 4.90 Å². The third-order valence-electron chi connectivity index (χ3n) is 8.71. The first-order valence-electron chi connectivity index (χ1n) is 15.0. The lowest BCUT2D eigenvalue weighted by molar-refractivity contribution is -0.145. The molecule has 216 valence electrons. The van der Waals surface area contributed by atoms with E-state index in [0.717, 1.165) is 75.7 Å². The summed E-state index contributed by atoms with van der Waals surface area (Å²) >= 11 is 0. The van der Waals surface area contributed by atoms with Crippen LogP contribution >= 0.6 is 0 Å². The highest BCUT2D eigenvalue weighted by Crippen LogP contribution is 2.34. The number of nitrogens with zero attached hydrogens (tertiary/aromatic N) is 2. The van der Waals surface area contributed by atoms with Gasteiger partial charge in [-0.2, -0.15) is 0 Å². The van der Waals surface area contributed by atoms with Crippen molar-refractivity contribution in [1.29, 1.82) is 0 Å². The van der Waals surface area contributed by atoms with Gasteiger partial charge in [0.05, 0.1) is 18.4 Å². The number of hydrogen-bond donors (Lipinski definition) is 2. The van der Waals surface area contributed by atoms with Gasteiger partial charge in [-0.15, -0.1) is 0 Å². The molecule has 2 amide bonds. The van der Waals surface area contributed by atoms with Gasteiger partial charge in [-0.3, -0.25) is 14.4 Å². The quantitative estimate of drug-likeness (QED) is 0.361. The van der Waals surface area contributed by atoms with Crippen LogP contribution in [0.3, 0.4) is 0 Å². The summed E-state index contributed by atoms with van der Waals surface area (Å²) in [4.78, 5) is 42.3. The standard InChI is InChI=1S/C33H45N3O4/c1-24-30-13-12-27(32(39)35(2)20-16-26-14-17-34-18-15-26)21-28(30)22-29(23-31(37)38)33(40)36(24)19-8-4-7-11-25-9-5-3-6-10-25/h3,5-6,9-10,12-13,21,24,26,29,34H,4,7-8,11,14-20,22-23H2,1-2H3,(H,37,38). The van der Waals surface area contributed by atoms with Crippen LogP contribution in [-0.4, -0.2) is 65.9 Å². The lowest BCUT2D eigenvalue weighted by Gasteiger charge is -2.30. The third kappa shape index (κ3) is 7.94. The Morgan fingerprint density at radius 3 is 2.52 bits per heavy atom. The van der Waals surface area contributed by atoms with Crippen molar-refractivity contribution in [2.24, 2.45) is 11.8 Å². The number of rotatable bonds is 12. The lowest BCUT2D eigenvalue weighted by Crippen LogP contribution is -2.38. The number of carbonyl (C=O) groups is 3. The molecule has 4 rings (SSSR count). The average Bonchev–Trinajstić information content (AvgIpc) is 3.05. The molecule has 2 unspecified atom stereocenters. The smallest absolute Gasteiger partial charge is 0.304 e. The van der Waals surface area contributed by atoms with E-state index in [9.17, 15) is 19.5 Å². The minimum absolute atomic E-state index is 0.0231. The Hall–Kier alpha value is -3.19. The summed E-state index contributed by atoms with van der Waals surface area (Å²) < 4.78 is 0. The number of benzene rings is 2. The largest absolute Gasteiger partial charge is 0.481 e. The van der Waals surface area contributed by atoms with E-state index in [2.05, 4.69) is 29.6 Å². The van der Waals surface area contributed by atoms with E-state index in [0.29, 0.717) is 24.4 Å². The van der Waals surface area contributed by atoms with Crippen molar-refractivity contribution in [1.82, 2.24) is 15.1 Å². The summed E-state index contributed by atoms with van der Waals surface area (Å²) in [6, 6.07) is 16.0. The van der Waals surface area contributed by atoms with E-state index in [1.807, 2.05) is 43.1 Å². The van der Waals surface area contributed by atoms with Crippen molar-refractivity contribution in [2.45, 2.75) is 70.8 Å². The molecule has 0 bridgehead atoms. The molecule has 7 nitrogen and oxygen atoms in total. The number of carboxylic acid groups (broad SMARTS) is 1. The minimum atomic E-state index is -0.970. The zero-order chi connectivity index (χ0) is 28.5. The Kier molecular flexibility index (Phi) is 10.8. The van der Waals surface area contributed by atoms with Gasteiger partial charge in [0.2, 0.25) is 5.91 Å². The van der Waals surface area contributed by atoms with E-state index in [4.69, 9.17) is 0 Å². The predicted molar refractivity (Wildman–Crippen MR) is 157 cm³/mol. The summed E-state index contributed by atoms with van der Waals surface area (Å²) in [5.41, 5.74) is 3.85. The molecule has 2 aromatic rings. The van der Waals surface area contributed by atoms with E-state index in [1.165, 1.54) is 5.56 Å². The van der Waals surface area contributed by atoms with Gasteiger partial charge in [-0.25, -0.2) is 0 Å². The first kappa shape index (κ1) is 29.8. The number of fused-ring (bicyclic) bond motifs is 1. The highest BCUT2D eigenvalue weighted by atomic mass is 16.4. The summed E-state index contributed by atoms with van der Waals surface area (Å²) in [5.74, 6) is -1.07. The summed E-state index contributed by atoms with van der Waals surface area (Å²) in [6.45, 7) is 5.44. The molecule has 7 heteroatoms. The van der Waals surface area contributed by atoms with Gasteiger partial charge < -0.3 is 20.2 Å². The van der Waals surface area contributed by atoms with Crippen LogP contribution in [0.2, 0.25) is 0 Å². The number of aryl methyl sites for hydroxylation is 1. The molecule has 0 aliphatic carbocycles. The maximum absolute atomic E-state index is 13.6. The topological polar surface area (TPSA) is 90.0 Å². The van der Waals surface area contributed by atoms with Crippen LogP contribution in [0.25, 0.3) is 0 Å². The Bertz CT molecular complexity index is 1150. The van der Waals surface area contributed by atoms with Crippen molar-refractivity contribution in [3.05, 3.63) is 70.8 Å². The van der Waals surface area contributed by atoms with Crippen molar-refractivity contribution < 1.29 is 19.5 Å². The number of nitrogens with one attached hydrogen (secondary N) is 1. The fourth-order valence-corrected chi connectivity index (χ4v) is 6.24. The first-order valence-corrected chi connectivity index (χ1v) is 15.0. The van der Waals surface area contributed by atoms with Crippen LogP contribution in [0.15, 0.2) is 48.5 Å². The average molecular weight is 548 g/mol. The molecule has 2 aliphatic rings. The summed E-state index contributed by atoms with van der Waals surface area (Å²) in [6.07, 6.45) is 7.38. The number of carboxylic acids is 1. The predicted octanol–water partition coefficient (Wildman–Crippen LogP) is 5.10. The summed E-state index contributed by atoms with van der Waals surface area (Å²) in [5, 5.41) is 13.0. The molecule has 2 atom stereocenters. The van der Waals surface area contributed by atoms with Crippen LogP contribution in [0.4, 0.5) is 0 Å². The minimum Gasteiger partial charge on any atom is -0.481 e. The first-order chi connectivity index (χ1) is 19.3. The van der Waals surface area contributed by atoms with E-state index >= 15 is 0 Å². The molecule has 0 spiro atoms. The van der Waals surface area contributed by atoms with E-state index < -0.39 is 11.9 Å². The number of aliphatic carboxylic acids is 1. The molecule has 1 fully saturated rings. The fourth-order valence-electron chi connectivity index (χ4n) is 6.24. The summed E-state index contributed by atoms with van der Waals surface area (Å²) in [7, 11) is 1.86. The zero-order valence-electron chi connectivity index (χ0n) is 24.1. The maximum atomic E-state index is 13.6. The molecule has 1 saturated heterocycles. The SMILES string of the molecule is CC1c2ccc(C(=O)N(C)CCC3CCNCC3)cc2CC(CC(=O)O)C(=O)N1CCCCCc1ccccc1. The maximum Gasteiger partial charge on any atom is 0.304 e. The van der Waals surface area contributed by atoms with Crippen LogP contribution < -0.4 is 5.32 Å². The molecular formula is C33H45N3O4. The monoisotopic (exact) mass is 547 g/mol. The second-order valence-corrected chi connectivity index (χ2v) is 11.6. The third-order valence-corrected chi connectivity index (χ3v) is 8.71. The normalized spacial score (nSPS) is 19.6. The molecule has 2 N–H and O–H groups in total. The van der Waals surface area contributed by atoms with E-state index in [-0.39, 0.29) is 24.3 Å². The number of carbonyl (C=O) groups excluding carboxylic acids is 2. The molecular weight excluding hydrogens is 502 g/mol. The number of amides is 2. The molecule has 0 radical (unpaired) electrons. The molecule has 2 aromatic carbocycles. The highest BCUT2D eigenvalue weighted by Gasteiger charge is 2.35. The molecule has 2 aliphatic heterocycles. The lowest BCUT2D eigenvalue weighted by atomic mass is 9.91. The number of unbranched alkanes of at least 4 members (excludes halogenated alkanes) is 2. The van der Waals surface area contributed by atoms with Crippen molar-refractivity contribution in [2.75, 3.05) is 33.2 Å².